The molecule has 20 heavy (non-hydrogen) atoms. The zero-order valence-electron chi connectivity index (χ0n) is 12.5. The fraction of sp³-hybridized carbons (Fsp3) is 0.647. The summed E-state index contributed by atoms with van der Waals surface area (Å²) in [6.07, 6.45) is 6.14. The summed E-state index contributed by atoms with van der Waals surface area (Å²) in [5.41, 5.74) is 8.90. The fourth-order valence-corrected chi connectivity index (χ4v) is 3.81. The van der Waals surface area contributed by atoms with Crippen LogP contribution in [0.4, 0.5) is 0 Å². The zero-order chi connectivity index (χ0) is 14.0. The quantitative estimate of drug-likeness (QED) is 0.901. The molecule has 1 aromatic carbocycles. The minimum Gasteiger partial charge on any atom is -0.493 e. The van der Waals surface area contributed by atoms with E-state index in [2.05, 4.69) is 30.0 Å². The number of hydrogen-bond acceptors (Lipinski definition) is 3. The minimum atomic E-state index is -0.0156. The van der Waals surface area contributed by atoms with E-state index in [1.54, 1.807) is 0 Å². The number of nitrogens with two attached hydrogens (primary N) is 1. The first-order valence-corrected chi connectivity index (χ1v) is 7.95. The molecule has 0 spiro atoms. The van der Waals surface area contributed by atoms with E-state index in [0.29, 0.717) is 6.54 Å². The Balaban J connectivity index is 2.06. The highest BCUT2D eigenvalue weighted by Gasteiger charge is 2.40. The lowest BCUT2D eigenvalue weighted by Gasteiger charge is -2.45. The van der Waals surface area contributed by atoms with E-state index < -0.39 is 0 Å². The number of rotatable bonds is 2. The monoisotopic (exact) mass is 274 g/mol. The van der Waals surface area contributed by atoms with Gasteiger partial charge in [0.15, 0.2) is 0 Å². The number of fused-ring (bicyclic) bond motifs is 1. The van der Waals surface area contributed by atoms with Crippen LogP contribution in [0.5, 0.6) is 5.75 Å². The van der Waals surface area contributed by atoms with Crippen molar-refractivity contribution in [3.05, 3.63) is 29.3 Å². The standard InChI is InChI=1S/C17H26N2O/c1-14-6-7-16-15(12-14)17(13-18,8-5-11-20-16)19-9-3-2-4-10-19/h6-7,12H,2-5,8-11,13,18H2,1H3. The summed E-state index contributed by atoms with van der Waals surface area (Å²) in [5.74, 6) is 1.05. The van der Waals surface area contributed by atoms with E-state index in [9.17, 15) is 0 Å². The van der Waals surface area contributed by atoms with Crippen molar-refractivity contribution >= 4 is 0 Å². The molecule has 2 N–H and O–H groups in total. The van der Waals surface area contributed by atoms with E-state index in [4.69, 9.17) is 10.5 Å². The molecular formula is C17H26N2O. The van der Waals surface area contributed by atoms with Gasteiger partial charge < -0.3 is 10.5 Å². The molecule has 1 unspecified atom stereocenters. The second kappa shape index (κ2) is 5.74. The summed E-state index contributed by atoms with van der Waals surface area (Å²) in [5, 5.41) is 0. The SMILES string of the molecule is Cc1ccc2c(c1)C(CN)(N1CCCCC1)CCCO2. The smallest absolute Gasteiger partial charge is 0.124 e. The highest BCUT2D eigenvalue weighted by molar-refractivity contribution is 5.43. The summed E-state index contributed by atoms with van der Waals surface area (Å²) >= 11 is 0. The Labute approximate surface area is 122 Å². The van der Waals surface area contributed by atoms with Crippen LogP contribution in [0, 0.1) is 6.92 Å². The van der Waals surface area contributed by atoms with Gasteiger partial charge in [-0.15, -0.1) is 0 Å². The molecule has 2 heterocycles. The number of hydrogen-bond donors (Lipinski definition) is 1. The van der Waals surface area contributed by atoms with Crippen molar-refractivity contribution in [3.8, 4) is 5.75 Å². The number of nitrogens with zero attached hydrogens (tertiary/aromatic N) is 1. The van der Waals surface area contributed by atoms with Crippen molar-refractivity contribution in [2.75, 3.05) is 26.2 Å². The first kappa shape index (κ1) is 13.9. The number of benzene rings is 1. The lowest BCUT2D eigenvalue weighted by molar-refractivity contribution is 0.0624. The van der Waals surface area contributed by atoms with Gasteiger partial charge in [-0.2, -0.15) is 0 Å². The van der Waals surface area contributed by atoms with Gasteiger partial charge in [0, 0.05) is 12.1 Å². The summed E-state index contributed by atoms with van der Waals surface area (Å²) in [6.45, 7) is 6.00. The van der Waals surface area contributed by atoms with Gasteiger partial charge in [0.25, 0.3) is 0 Å². The molecular weight excluding hydrogens is 248 g/mol. The predicted octanol–water partition coefficient (Wildman–Crippen LogP) is 2.81. The Hall–Kier alpha value is -1.06. The molecule has 1 aromatic rings. The van der Waals surface area contributed by atoms with Gasteiger partial charge in [0.2, 0.25) is 0 Å². The molecule has 0 radical (unpaired) electrons. The molecule has 3 nitrogen and oxygen atoms in total. The molecule has 2 aliphatic rings. The van der Waals surface area contributed by atoms with E-state index in [1.807, 2.05) is 0 Å². The van der Waals surface area contributed by atoms with E-state index in [1.165, 1.54) is 43.5 Å². The zero-order valence-corrected chi connectivity index (χ0v) is 12.5. The molecule has 110 valence electrons. The van der Waals surface area contributed by atoms with Crippen molar-refractivity contribution < 1.29 is 4.74 Å². The van der Waals surface area contributed by atoms with Crippen LogP contribution in [0.15, 0.2) is 18.2 Å². The molecule has 1 saturated heterocycles. The van der Waals surface area contributed by atoms with E-state index >= 15 is 0 Å². The Morgan fingerprint density at radius 1 is 1.20 bits per heavy atom. The molecule has 1 atom stereocenters. The fourth-order valence-electron chi connectivity index (χ4n) is 3.81. The molecule has 3 heteroatoms. The van der Waals surface area contributed by atoms with Gasteiger partial charge in [-0.25, -0.2) is 0 Å². The second-order valence-electron chi connectivity index (χ2n) is 6.24. The first-order valence-electron chi connectivity index (χ1n) is 7.95. The van der Waals surface area contributed by atoms with Crippen molar-refractivity contribution in [1.82, 2.24) is 4.90 Å². The average molecular weight is 274 g/mol. The van der Waals surface area contributed by atoms with Gasteiger partial charge in [0.1, 0.15) is 5.75 Å². The Morgan fingerprint density at radius 2 is 2.00 bits per heavy atom. The highest BCUT2D eigenvalue weighted by atomic mass is 16.5. The molecule has 0 aliphatic carbocycles. The number of ether oxygens (including phenoxy) is 1. The number of aryl methyl sites for hydroxylation is 1. The molecule has 1 fully saturated rings. The predicted molar refractivity (Wildman–Crippen MR) is 82.1 cm³/mol. The lowest BCUT2D eigenvalue weighted by atomic mass is 9.81. The minimum absolute atomic E-state index is 0.0156. The van der Waals surface area contributed by atoms with Crippen LogP contribution in [-0.4, -0.2) is 31.1 Å². The Morgan fingerprint density at radius 3 is 2.75 bits per heavy atom. The van der Waals surface area contributed by atoms with Crippen LogP contribution in [0.3, 0.4) is 0 Å². The maximum atomic E-state index is 6.31. The third-order valence-electron chi connectivity index (χ3n) is 4.93. The van der Waals surface area contributed by atoms with Crippen molar-refractivity contribution in [3.63, 3.8) is 0 Å². The van der Waals surface area contributed by atoms with Gasteiger partial charge in [0.05, 0.1) is 12.1 Å². The Bertz CT molecular complexity index is 468. The third-order valence-corrected chi connectivity index (χ3v) is 4.93. The van der Waals surface area contributed by atoms with Crippen LogP contribution >= 0.6 is 0 Å². The summed E-state index contributed by atoms with van der Waals surface area (Å²) < 4.78 is 5.97. The van der Waals surface area contributed by atoms with Crippen molar-refractivity contribution in [2.24, 2.45) is 5.73 Å². The van der Waals surface area contributed by atoms with Gasteiger partial charge in [-0.1, -0.05) is 24.1 Å². The van der Waals surface area contributed by atoms with Gasteiger partial charge in [-0.3, -0.25) is 4.90 Å². The normalized spacial score (nSPS) is 27.5. The molecule has 0 aromatic heterocycles. The molecule has 0 amide bonds. The van der Waals surface area contributed by atoms with Crippen LogP contribution in [0.1, 0.15) is 43.2 Å². The van der Waals surface area contributed by atoms with Gasteiger partial charge in [-0.05, 0) is 51.8 Å². The molecule has 3 rings (SSSR count). The summed E-state index contributed by atoms with van der Waals surface area (Å²) in [4.78, 5) is 2.63. The van der Waals surface area contributed by atoms with Gasteiger partial charge >= 0.3 is 0 Å². The molecule has 0 saturated carbocycles. The largest absolute Gasteiger partial charge is 0.493 e. The molecule has 2 aliphatic heterocycles. The third kappa shape index (κ3) is 2.33. The highest BCUT2D eigenvalue weighted by Crippen LogP contribution is 2.42. The maximum Gasteiger partial charge on any atom is 0.124 e. The summed E-state index contributed by atoms with van der Waals surface area (Å²) in [7, 11) is 0. The van der Waals surface area contributed by atoms with Crippen LogP contribution in [0.25, 0.3) is 0 Å². The topological polar surface area (TPSA) is 38.5 Å². The summed E-state index contributed by atoms with van der Waals surface area (Å²) in [6, 6.07) is 6.56. The second-order valence-corrected chi connectivity index (χ2v) is 6.24. The number of piperidine rings is 1. The van der Waals surface area contributed by atoms with Crippen LogP contribution < -0.4 is 10.5 Å². The Kier molecular flexibility index (Phi) is 3.99. The van der Waals surface area contributed by atoms with Crippen LogP contribution in [-0.2, 0) is 5.54 Å². The molecule has 0 bridgehead atoms. The lowest BCUT2D eigenvalue weighted by Crippen LogP contribution is -2.53. The van der Waals surface area contributed by atoms with E-state index in [0.717, 1.165) is 25.2 Å². The van der Waals surface area contributed by atoms with Crippen LogP contribution in [0.2, 0.25) is 0 Å². The first-order chi connectivity index (χ1) is 9.76. The maximum absolute atomic E-state index is 6.31. The van der Waals surface area contributed by atoms with Crippen molar-refractivity contribution in [1.29, 1.82) is 0 Å². The van der Waals surface area contributed by atoms with Crippen molar-refractivity contribution in [2.45, 2.75) is 44.6 Å². The number of likely N-dealkylation sites (tertiary alicyclic amines) is 1. The average Bonchev–Trinajstić information content (AvgIpc) is 2.68. The van der Waals surface area contributed by atoms with E-state index in [-0.39, 0.29) is 5.54 Å².